The highest BCUT2D eigenvalue weighted by molar-refractivity contribution is 5.94. The summed E-state index contributed by atoms with van der Waals surface area (Å²) in [7, 11) is 0. The number of fused-ring (bicyclic) bond motifs is 1. The number of rotatable bonds is 6. The molecule has 1 heterocycles. The molecule has 6 nitrogen and oxygen atoms in total. The van der Waals surface area contributed by atoms with E-state index in [1.165, 1.54) is 0 Å². The quantitative estimate of drug-likeness (QED) is 0.392. The van der Waals surface area contributed by atoms with E-state index in [1.54, 1.807) is 0 Å². The minimum absolute atomic E-state index is 0.0682. The molecule has 0 fully saturated rings. The van der Waals surface area contributed by atoms with Gasteiger partial charge >= 0.3 is 0 Å². The largest absolute Gasteiger partial charge is 0.488 e. The van der Waals surface area contributed by atoms with Crippen LogP contribution < -0.4 is 20.7 Å². The zero-order valence-electron chi connectivity index (χ0n) is 15.8. The van der Waals surface area contributed by atoms with Crippen molar-refractivity contribution in [3.8, 4) is 5.75 Å². The number of hydrogen-bond donors (Lipinski definition) is 3. The molecule has 0 aromatic heterocycles. The summed E-state index contributed by atoms with van der Waals surface area (Å²) >= 11 is 0. The van der Waals surface area contributed by atoms with Gasteiger partial charge in [-0.25, -0.2) is 18.2 Å². The van der Waals surface area contributed by atoms with Gasteiger partial charge in [0.25, 0.3) is 0 Å². The van der Waals surface area contributed by atoms with Crippen LogP contribution in [0, 0.1) is 17.5 Å². The Labute approximate surface area is 166 Å². The Morgan fingerprint density at radius 1 is 1.14 bits per heavy atom. The Hall–Kier alpha value is -3.23. The molecular formula is C20H21F3N4O2. The number of halogens is 3. The van der Waals surface area contributed by atoms with E-state index >= 15 is 0 Å². The molecule has 1 atom stereocenters. The van der Waals surface area contributed by atoms with Crippen molar-refractivity contribution in [2.45, 2.75) is 19.4 Å². The van der Waals surface area contributed by atoms with Crippen molar-refractivity contribution < 1.29 is 22.7 Å². The highest BCUT2D eigenvalue weighted by Gasteiger charge is 2.22. The molecule has 1 aliphatic heterocycles. The van der Waals surface area contributed by atoms with Crippen molar-refractivity contribution in [1.82, 2.24) is 10.6 Å². The predicted molar refractivity (Wildman–Crippen MR) is 103 cm³/mol. The van der Waals surface area contributed by atoms with Gasteiger partial charge in [-0.3, -0.25) is 4.79 Å². The lowest BCUT2D eigenvalue weighted by molar-refractivity contribution is -0.114. The summed E-state index contributed by atoms with van der Waals surface area (Å²) in [4.78, 5) is 16.1. The van der Waals surface area contributed by atoms with Gasteiger partial charge in [0.15, 0.2) is 23.4 Å². The molecule has 9 heteroatoms. The molecule has 154 valence electrons. The van der Waals surface area contributed by atoms with Crippen LogP contribution in [-0.4, -0.2) is 37.6 Å². The number of carbonyl (C=O) groups excluding carboxylic acids is 1. The number of aliphatic imine (C=N–C) groups is 1. The SMILES string of the molecule is CCNC(=NCC(=O)Nc1ccc(F)c(F)c1F)NCC1Cc2ccccc2O1. The van der Waals surface area contributed by atoms with Gasteiger partial charge in [0, 0.05) is 13.0 Å². The first kappa shape index (κ1) is 20.5. The molecule has 0 bridgehead atoms. The molecule has 0 saturated heterocycles. The molecule has 2 aromatic rings. The summed E-state index contributed by atoms with van der Waals surface area (Å²) in [5, 5.41) is 8.27. The Balaban J connectivity index is 1.54. The van der Waals surface area contributed by atoms with Gasteiger partial charge in [-0.05, 0) is 30.7 Å². The van der Waals surface area contributed by atoms with Crippen molar-refractivity contribution in [3.63, 3.8) is 0 Å². The molecule has 3 N–H and O–H groups in total. The van der Waals surface area contributed by atoms with E-state index in [4.69, 9.17) is 4.74 Å². The second-order valence-electron chi connectivity index (χ2n) is 6.40. The van der Waals surface area contributed by atoms with Crippen molar-refractivity contribution in [3.05, 3.63) is 59.4 Å². The van der Waals surface area contributed by atoms with E-state index in [9.17, 15) is 18.0 Å². The number of hydrogen-bond acceptors (Lipinski definition) is 3. The summed E-state index contributed by atoms with van der Waals surface area (Å²) < 4.78 is 45.7. The second-order valence-corrected chi connectivity index (χ2v) is 6.40. The fourth-order valence-corrected chi connectivity index (χ4v) is 2.88. The Bertz CT molecular complexity index is 896. The molecule has 2 aromatic carbocycles. The van der Waals surface area contributed by atoms with Crippen LogP contribution in [0.1, 0.15) is 12.5 Å². The standard InChI is InChI=1S/C20H21F3N4O2/c1-2-24-20(25-10-13-9-12-5-3-4-6-16(12)29-13)26-11-17(28)27-15-8-7-14(21)18(22)19(15)23/h3-8,13H,2,9-11H2,1H3,(H,27,28)(H2,24,25,26). The number of para-hydroxylation sites is 1. The van der Waals surface area contributed by atoms with Crippen LogP contribution in [0.2, 0.25) is 0 Å². The molecule has 1 unspecified atom stereocenters. The zero-order valence-corrected chi connectivity index (χ0v) is 15.8. The average molecular weight is 406 g/mol. The first-order chi connectivity index (χ1) is 14.0. The number of nitrogens with one attached hydrogen (secondary N) is 3. The van der Waals surface area contributed by atoms with Gasteiger partial charge in [-0.15, -0.1) is 0 Å². The lowest BCUT2D eigenvalue weighted by Gasteiger charge is -2.15. The maximum absolute atomic E-state index is 13.6. The van der Waals surface area contributed by atoms with E-state index in [-0.39, 0.29) is 12.6 Å². The van der Waals surface area contributed by atoms with Crippen LogP contribution in [0.5, 0.6) is 5.75 Å². The molecule has 0 radical (unpaired) electrons. The van der Waals surface area contributed by atoms with Gasteiger partial charge in [-0.1, -0.05) is 18.2 Å². The fraction of sp³-hybridized carbons (Fsp3) is 0.300. The third-order valence-corrected chi connectivity index (χ3v) is 4.25. The molecule has 1 amide bonds. The first-order valence-electron chi connectivity index (χ1n) is 9.18. The highest BCUT2D eigenvalue weighted by Crippen LogP contribution is 2.27. The maximum Gasteiger partial charge on any atom is 0.246 e. The van der Waals surface area contributed by atoms with E-state index < -0.39 is 29.0 Å². The summed E-state index contributed by atoms with van der Waals surface area (Å²) in [6, 6.07) is 9.48. The average Bonchev–Trinajstić information content (AvgIpc) is 3.13. The Morgan fingerprint density at radius 3 is 2.69 bits per heavy atom. The van der Waals surface area contributed by atoms with E-state index in [0.717, 1.165) is 29.9 Å². The fourth-order valence-electron chi connectivity index (χ4n) is 2.88. The summed E-state index contributed by atoms with van der Waals surface area (Å²) in [5.74, 6) is -3.85. The van der Waals surface area contributed by atoms with Crippen molar-refractivity contribution in [1.29, 1.82) is 0 Å². The summed E-state index contributed by atoms with van der Waals surface area (Å²) in [6.45, 7) is 2.58. The Morgan fingerprint density at radius 2 is 1.93 bits per heavy atom. The number of anilines is 1. The number of nitrogens with zero attached hydrogens (tertiary/aromatic N) is 1. The van der Waals surface area contributed by atoms with Crippen molar-refractivity contribution in [2.24, 2.45) is 4.99 Å². The summed E-state index contributed by atoms with van der Waals surface area (Å²) in [5.41, 5.74) is 0.688. The smallest absolute Gasteiger partial charge is 0.246 e. The lowest BCUT2D eigenvalue weighted by Crippen LogP contribution is -2.42. The van der Waals surface area contributed by atoms with Crippen LogP contribution in [0.3, 0.4) is 0 Å². The van der Waals surface area contributed by atoms with Gasteiger partial charge in [0.1, 0.15) is 18.4 Å². The van der Waals surface area contributed by atoms with Gasteiger partial charge in [0.05, 0.1) is 12.2 Å². The topological polar surface area (TPSA) is 74.8 Å². The van der Waals surface area contributed by atoms with Crippen LogP contribution >= 0.6 is 0 Å². The van der Waals surface area contributed by atoms with E-state index in [0.29, 0.717) is 19.0 Å². The predicted octanol–water partition coefficient (Wildman–Crippen LogP) is 2.60. The number of benzene rings is 2. The molecule has 29 heavy (non-hydrogen) atoms. The third-order valence-electron chi connectivity index (χ3n) is 4.25. The number of amides is 1. The van der Waals surface area contributed by atoms with Crippen LogP contribution in [-0.2, 0) is 11.2 Å². The van der Waals surface area contributed by atoms with Gasteiger partial charge < -0.3 is 20.7 Å². The van der Waals surface area contributed by atoms with Crippen molar-refractivity contribution >= 4 is 17.6 Å². The second kappa shape index (κ2) is 9.31. The van der Waals surface area contributed by atoms with Crippen LogP contribution in [0.25, 0.3) is 0 Å². The monoisotopic (exact) mass is 406 g/mol. The van der Waals surface area contributed by atoms with E-state index in [1.807, 2.05) is 31.2 Å². The molecule has 0 saturated carbocycles. The number of guanidine groups is 1. The zero-order chi connectivity index (χ0) is 20.8. The van der Waals surface area contributed by atoms with Gasteiger partial charge in [-0.2, -0.15) is 0 Å². The lowest BCUT2D eigenvalue weighted by atomic mass is 10.1. The normalized spacial score (nSPS) is 15.4. The van der Waals surface area contributed by atoms with Crippen LogP contribution in [0.15, 0.2) is 41.4 Å². The van der Waals surface area contributed by atoms with Gasteiger partial charge in [0.2, 0.25) is 5.91 Å². The minimum Gasteiger partial charge on any atom is -0.488 e. The molecule has 3 rings (SSSR count). The molecule has 0 spiro atoms. The van der Waals surface area contributed by atoms with E-state index in [2.05, 4.69) is 20.9 Å². The summed E-state index contributed by atoms with van der Waals surface area (Å²) in [6.07, 6.45) is 0.694. The number of ether oxygens (including phenoxy) is 1. The maximum atomic E-state index is 13.6. The Kier molecular flexibility index (Phi) is 6.58. The minimum atomic E-state index is -1.64. The molecule has 1 aliphatic rings. The van der Waals surface area contributed by atoms with Crippen molar-refractivity contribution in [2.75, 3.05) is 25.0 Å². The highest BCUT2D eigenvalue weighted by atomic mass is 19.2. The molecule has 0 aliphatic carbocycles. The third kappa shape index (κ3) is 5.18. The first-order valence-corrected chi connectivity index (χ1v) is 9.18. The number of carbonyl (C=O) groups is 1. The molecular weight excluding hydrogens is 385 g/mol. The van der Waals surface area contributed by atoms with Crippen LogP contribution in [0.4, 0.5) is 18.9 Å².